The molecule has 0 spiro atoms. The molecule has 0 N–H and O–H groups in total. The molecule has 7 heteroatoms. The summed E-state index contributed by atoms with van der Waals surface area (Å²) in [7, 11) is 0. The molecule has 0 fully saturated rings. The predicted octanol–water partition coefficient (Wildman–Crippen LogP) is 3.01. The maximum absolute atomic E-state index is 13.2. The van der Waals surface area contributed by atoms with E-state index in [1.54, 1.807) is 19.2 Å². The molecule has 3 aromatic rings. The van der Waals surface area contributed by atoms with Crippen LogP contribution in [0.1, 0.15) is 12.7 Å². The summed E-state index contributed by atoms with van der Waals surface area (Å²) in [5.74, 6) is 0.186. The van der Waals surface area contributed by atoms with Crippen molar-refractivity contribution in [2.45, 2.75) is 20.6 Å². The molecule has 0 unspecified atom stereocenters. The van der Waals surface area contributed by atoms with Crippen molar-refractivity contribution in [2.75, 3.05) is 6.61 Å². The highest BCUT2D eigenvalue weighted by Crippen LogP contribution is 2.29. The minimum absolute atomic E-state index is 0.0747. The van der Waals surface area contributed by atoms with E-state index < -0.39 is 5.63 Å². The first kappa shape index (κ1) is 16.1. The van der Waals surface area contributed by atoms with E-state index in [9.17, 15) is 9.18 Å². The zero-order chi connectivity index (χ0) is 17.1. The Balaban J connectivity index is 2.22. The van der Waals surface area contributed by atoms with Crippen LogP contribution in [0.15, 0.2) is 45.8 Å². The molecule has 0 atom stereocenters. The van der Waals surface area contributed by atoms with E-state index in [-0.39, 0.29) is 12.5 Å². The molecule has 2 aromatic heterocycles. The Bertz CT molecular complexity index is 900. The zero-order valence-corrected chi connectivity index (χ0v) is 13.3. The van der Waals surface area contributed by atoms with Crippen molar-refractivity contribution in [1.82, 2.24) is 14.7 Å². The van der Waals surface area contributed by atoms with Crippen molar-refractivity contribution in [1.29, 1.82) is 0 Å². The Morgan fingerprint density at radius 3 is 2.67 bits per heavy atom. The fraction of sp³-hybridized carbons (Fsp3) is 0.235. The molecule has 124 valence electrons. The van der Waals surface area contributed by atoms with Crippen molar-refractivity contribution in [3.63, 3.8) is 0 Å². The smallest absolute Gasteiger partial charge is 0.358 e. The highest BCUT2D eigenvalue weighted by atomic mass is 19.1. The van der Waals surface area contributed by atoms with Crippen molar-refractivity contribution >= 4 is 0 Å². The van der Waals surface area contributed by atoms with Crippen molar-refractivity contribution in [3.8, 4) is 22.5 Å². The summed E-state index contributed by atoms with van der Waals surface area (Å²) in [6.07, 6.45) is 1.61. The second kappa shape index (κ2) is 6.76. The lowest BCUT2D eigenvalue weighted by Crippen LogP contribution is -2.04. The molecule has 3 rings (SSSR count). The van der Waals surface area contributed by atoms with Crippen molar-refractivity contribution in [3.05, 3.63) is 58.6 Å². The third kappa shape index (κ3) is 3.11. The third-order valence-electron chi connectivity index (χ3n) is 3.45. The monoisotopic (exact) mass is 329 g/mol. The highest BCUT2D eigenvalue weighted by molar-refractivity contribution is 5.78. The Hall–Kier alpha value is -2.80. The molecule has 6 nitrogen and oxygen atoms in total. The lowest BCUT2D eigenvalue weighted by atomic mass is 10.0. The SMILES string of the molecule is CCOCn1oc(=O)c(-c2ccc(F)cc2)c1-c1ccnc(C)n1. The number of aromatic nitrogens is 3. The van der Waals surface area contributed by atoms with Gasteiger partial charge < -0.3 is 9.26 Å². The number of aryl methyl sites for hydroxylation is 1. The number of nitrogens with zero attached hydrogens (tertiary/aromatic N) is 3. The lowest BCUT2D eigenvalue weighted by Gasteiger charge is -2.08. The van der Waals surface area contributed by atoms with Crippen LogP contribution in [0.25, 0.3) is 22.5 Å². The molecule has 0 saturated carbocycles. The van der Waals surface area contributed by atoms with E-state index >= 15 is 0 Å². The van der Waals surface area contributed by atoms with Crippen molar-refractivity contribution in [2.24, 2.45) is 0 Å². The van der Waals surface area contributed by atoms with Gasteiger partial charge in [-0.15, -0.1) is 0 Å². The summed E-state index contributed by atoms with van der Waals surface area (Å²) in [6.45, 7) is 4.14. The molecular formula is C17H16FN3O3. The molecule has 0 bridgehead atoms. The summed E-state index contributed by atoms with van der Waals surface area (Å²) in [4.78, 5) is 20.8. The third-order valence-corrected chi connectivity index (χ3v) is 3.45. The Labute approximate surface area is 137 Å². The van der Waals surface area contributed by atoms with Crippen LogP contribution < -0.4 is 5.63 Å². The minimum Gasteiger partial charge on any atom is -0.358 e. The van der Waals surface area contributed by atoms with E-state index in [0.717, 1.165) is 0 Å². The molecule has 0 radical (unpaired) electrons. The second-order valence-electron chi connectivity index (χ2n) is 5.10. The van der Waals surface area contributed by atoms with E-state index in [0.29, 0.717) is 34.9 Å². The van der Waals surface area contributed by atoms with E-state index in [1.165, 1.54) is 29.0 Å². The average molecular weight is 329 g/mol. The fourth-order valence-corrected chi connectivity index (χ4v) is 2.39. The van der Waals surface area contributed by atoms with Crippen LogP contribution in [-0.4, -0.2) is 21.3 Å². The largest absolute Gasteiger partial charge is 0.366 e. The highest BCUT2D eigenvalue weighted by Gasteiger charge is 2.22. The second-order valence-corrected chi connectivity index (χ2v) is 5.10. The standard InChI is InChI=1S/C17H16FN3O3/c1-3-23-10-21-16(14-8-9-19-11(2)20-14)15(17(22)24-21)12-4-6-13(18)7-5-12/h4-9H,3,10H2,1-2H3. The van der Waals surface area contributed by atoms with Gasteiger partial charge in [0.15, 0.2) is 6.73 Å². The van der Waals surface area contributed by atoms with Gasteiger partial charge in [-0.1, -0.05) is 12.1 Å². The molecular weight excluding hydrogens is 313 g/mol. The average Bonchev–Trinajstić information content (AvgIpc) is 2.90. The number of benzene rings is 1. The maximum Gasteiger partial charge on any atom is 0.366 e. The Morgan fingerprint density at radius 2 is 2.00 bits per heavy atom. The van der Waals surface area contributed by atoms with Crippen LogP contribution in [0.2, 0.25) is 0 Å². The maximum atomic E-state index is 13.2. The first-order chi connectivity index (χ1) is 11.6. The number of rotatable bonds is 5. The predicted molar refractivity (Wildman–Crippen MR) is 85.8 cm³/mol. The number of ether oxygens (including phenoxy) is 1. The van der Waals surface area contributed by atoms with Crippen molar-refractivity contribution < 1.29 is 13.7 Å². The van der Waals surface area contributed by atoms with E-state index in [4.69, 9.17) is 9.26 Å². The zero-order valence-electron chi connectivity index (χ0n) is 13.3. The van der Waals surface area contributed by atoms with Crippen LogP contribution in [0.4, 0.5) is 4.39 Å². The summed E-state index contributed by atoms with van der Waals surface area (Å²) in [6, 6.07) is 7.34. The summed E-state index contributed by atoms with van der Waals surface area (Å²) in [5, 5.41) is 0. The van der Waals surface area contributed by atoms with Crippen LogP contribution in [-0.2, 0) is 11.5 Å². The topological polar surface area (TPSA) is 70.2 Å². The van der Waals surface area contributed by atoms with Gasteiger partial charge >= 0.3 is 5.63 Å². The molecule has 0 aliphatic rings. The van der Waals surface area contributed by atoms with Gasteiger partial charge in [0.25, 0.3) is 0 Å². The summed E-state index contributed by atoms with van der Waals surface area (Å²) in [5.41, 5.74) is 1.34. The number of halogens is 1. The lowest BCUT2D eigenvalue weighted by molar-refractivity contribution is 0.0314. The fourth-order valence-electron chi connectivity index (χ4n) is 2.39. The molecule has 2 heterocycles. The summed E-state index contributed by atoms with van der Waals surface area (Å²) < 4.78 is 25.2. The molecule has 24 heavy (non-hydrogen) atoms. The van der Waals surface area contributed by atoms with Gasteiger partial charge in [-0.05, 0) is 37.6 Å². The molecule has 0 amide bonds. The van der Waals surface area contributed by atoms with Crippen LogP contribution in [0, 0.1) is 12.7 Å². The normalized spacial score (nSPS) is 11.0. The Morgan fingerprint density at radius 1 is 1.25 bits per heavy atom. The minimum atomic E-state index is -0.535. The van der Waals surface area contributed by atoms with Gasteiger partial charge in [-0.25, -0.2) is 19.2 Å². The summed E-state index contributed by atoms with van der Waals surface area (Å²) >= 11 is 0. The first-order valence-corrected chi connectivity index (χ1v) is 7.48. The number of hydrogen-bond donors (Lipinski definition) is 0. The van der Waals surface area contributed by atoms with Crippen LogP contribution in [0.3, 0.4) is 0 Å². The van der Waals surface area contributed by atoms with Gasteiger partial charge in [0.1, 0.15) is 17.3 Å². The van der Waals surface area contributed by atoms with Gasteiger partial charge in [-0.2, -0.15) is 4.74 Å². The van der Waals surface area contributed by atoms with E-state index in [1.807, 2.05) is 6.92 Å². The quantitative estimate of drug-likeness (QED) is 0.719. The van der Waals surface area contributed by atoms with Crippen LogP contribution in [0.5, 0.6) is 0 Å². The van der Waals surface area contributed by atoms with Gasteiger partial charge in [0.05, 0.1) is 11.3 Å². The van der Waals surface area contributed by atoms with Gasteiger partial charge in [0, 0.05) is 12.8 Å². The molecule has 1 aromatic carbocycles. The molecule has 0 aliphatic carbocycles. The van der Waals surface area contributed by atoms with Gasteiger partial charge in [-0.3, -0.25) is 0 Å². The number of hydrogen-bond acceptors (Lipinski definition) is 5. The van der Waals surface area contributed by atoms with E-state index in [2.05, 4.69) is 9.97 Å². The van der Waals surface area contributed by atoms with Gasteiger partial charge in [0.2, 0.25) is 0 Å². The first-order valence-electron chi connectivity index (χ1n) is 7.48. The molecule has 0 aliphatic heterocycles. The Kier molecular flexibility index (Phi) is 4.52. The van der Waals surface area contributed by atoms with Crippen LogP contribution >= 0.6 is 0 Å². The molecule has 0 saturated heterocycles.